The van der Waals surface area contributed by atoms with Crippen LogP contribution in [0.3, 0.4) is 0 Å². The van der Waals surface area contributed by atoms with Gasteiger partial charge in [0.15, 0.2) is 17.3 Å². The Hall–Kier alpha value is -3.40. The van der Waals surface area contributed by atoms with Crippen LogP contribution in [0.5, 0.6) is 0 Å². The maximum Gasteiger partial charge on any atom is 0.163 e. The number of hydrogen-bond donors (Lipinski definition) is 0. The predicted octanol–water partition coefficient (Wildman–Crippen LogP) is 8.31. The molecule has 0 nitrogen and oxygen atoms in total. The molecule has 0 saturated heterocycles. The van der Waals surface area contributed by atoms with Gasteiger partial charge < -0.3 is 0 Å². The van der Waals surface area contributed by atoms with E-state index in [1.54, 1.807) is 6.08 Å². The molecule has 1 saturated carbocycles. The Kier molecular flexibility index (Phi) is 3.88. The van der Waals surface area contributed by atoms with Crippen LogP contribution in [0.1, 0.15) is 24.3 Å². The van der Waals surface area contributed by atoms with Crippen LogP contribution in [0.2, 0.25) is 0 Å². The largest absolute Gasteiger partial charge is 0.236 e. The minimum Gasteiger partial charge on any atom is -0.236 e. The van der Waals surface area contributed by atoms with E-state index in [4.69, 9.17) is 0 Å². The van der Waals surface area contributed by atoms with Gasteiger partial charge in [0.1, 0.15) is 5.83 Å². The number of allylic oxidation sites excluding steroid dienone is 12. The molecule has 0 aliphatic heterocycles. The summed E-state index contributed by atoms with van der Waals surface area (Å²) in [6.45, 7) is 0. The second kappa shape index (κ2) is 6.59. The van der Waals surface area contributed by atoms with E-state index in [9.17, 15) is 0 Å². The van der Waals surface area contributed by atoms with Gasteiger partial charge in [0, 0.05) is 17.1 Å². The lowest BCUT2D eigenvalue weighted by atomic mass is 9.46. The zero-order valence-corrected chi connectivity index (χ0v) is 18.2. The molecular weight excluding hydrogens is 436 g/mol. The Morgan fingerprint density at radius 1 is 0.765 bits per heavy atom. The highest BCUT2D eigenvalue weighted by atomic mass is 19.2. The van der Waals surface area contributed by atoms with Crippen LogP contribution in [0, 0.1) is 11.3 Å². The van der Waals surface area contributed by atoms with Crippen LogP contribution >= 0.6 is 0 Å². The number of hydrogen-bond acceptors (Lipinski definition) is 0. The SMILES string of the molecule is FC1=CC2=C3CC[C@H](c4ccc(-c5ccccc5)cc4)C4(C5=C(F)C(F)=C4C=C5)[C@]3(F)C1C=C2. The second-order valence-corrected chi connectivity index (χ2v) is 9.69. The van der Waals surface area contributed by atoms with Gasteiger partial charge in [0.25, 0.3) is 0 Å². The van der Waals surface area contributed by atoms with Crippen molar-refractivity contribution in [3.05, 3.63) is 130 Å². The standard InChI is InChI=1S/C30H20F4/c31-26-16-20-10-11-23(26)30(34)22(20)13-12-21(29(30)24-14-15-25(29)28(33)27(24)32)19-8-6-18(7-9-19)17-4-2-1-3-5-17/h1-11,14-16,21,23H,12-13H2/t21-,23?,30-/m1/s1. The predicted molar refractivity (Wildman–Crippen MR) is 124 cm³/mol. The molecule has 4 heteroatoms. The monoisotopic (exact) mass is 456 g/mol. The first-order chi connectivity index (χ1) is 16.5. The van der Waals surface area contributed by atoms with Gasteiger partial charge >= 0.3 is 0 Å². The number of halogens is 4. The van der Waals surface area contributed by atoms with Gasteiger partial charge in [-0.2, -0.15) is 0 Å². The van der Waals surface area contributed by atoms with Crippen molar-refractivity contribution in [2.75, 3.05) is 0 Å². The summed E-state index contributed by atoms with van der Waals surface area (Å²) >= 11 is 0. The summed E-state index contributed by atoms with van der Waals surface area (Å²) in [5.41, 5.74) is -0.0784. The smallest absolute Gasteiger partial charge is 0.163 e. The number of benzene rings is 2. The van der Waals surface area contributed by atoms with Crippen molar-refractivity contribution in [1.29, 1.82) is 0 Å². The van der Waals surface area contributed by atoms with E-state index >= 15 is 17.6 Å². The van der Waals surface area contributed by atoms with E-state index in [2.05, 4.69) is 0 Å². The second-order valence-electron chi connectivity index (χ2n) is 9.69. The minimum atomic E-state index is -2.27. The summed E-state index contributed by atoms with van der Waals surface area (Å²) in [7, 11) is 0. The maximum absolute atomic E-state index is 17.7. The topological polar surface area (TPSA) is 0 Å². The molecule has 3 atom stereocenters. The molecule has 168 valence electrons. The quantitative estimate of drug-likeness (QED) is 0.399. The summed E-state index contributed by atoms with van der Waals surface area (Å²) in [6, 6.07) is 17.7. The van der Waals surface area contributed by atoms with Crippen LogP contribution in [-0.4, -0.2) is 5.67 Å². The molecule has 0 N–H and O–H groups in total. The molecule has 0 heterocycles. The summed E-state index contributed by atoms with van der Waals surface area (Å²) in [4.78, 5) is 0. The highest BCUT2D eigenvalue weighted by Gasteiger charge is 2.73. The molecular formula is C30H20F4. The van der Waals surface area contributed by atoms with Crippen molar-refractivity contribution in [2.45, 2.75) is 24.4 Å². The van der Waals surface area contributed by atoms with Crippen molar-refractivity contribution in [3.8, 4) is 11.1 Å². The van der Waals surface area contributed by atoms with Crippen molar-refractivity contribution in [2.24, 2.45) is 11.3 Å². The zero-order valence-electron chi connectivity index (χ0n) is 18.2. The Labute approximate surface area is 195 Å². The zero-order chi connectivity index (χ0) is 23.2. The average molecular weight is 456 g/mol. The van der Waals surface area contributed by atoms with Gasteiger partial charge in [-0.25, -0.2) is 17.6 Å². The summed E-state index contributed by atoms with van der Waals surface area (Å²) in [5, 5.41) is 0. The van der Waals surface area contributed by atoms with E-state index in [1.807, 2.05) is 54.6 Å². The molecule has 6 aliphatic rings. The third kappa shape index (κ3) is 2.15. The van der Waals surface area contributed by atoms with Crippen molar-refractivity contribution < 1.29 is 17.6 Å². The molecule has 4 bridgehead atoms. The Bertz CT molecular complexity index is 1400. The van der Waals surface area contributed by atoms with Gasteiger partial charge in [-0.3, -0.25) is 0 Å². The Balaban J connectivity index is 1.44. The molecule has 0 aromatic heterocycles. The minimum absolute atomic E-state index is 0.00573. The van der Waals surface area contributed by atoms with Crippen LogP contribution in [0.4, 0.5) is 17.6 Å². The first kappa shape index (κ1) is 20.0. The fourth-order valence-electron chi connectivity index (χ4n) is 7.08. The number of alkyl halides is 1. The van der Waals surface area contributed by atoms with Gasteiger partial charge in [-0.15, -0.1) is 0 Å². The van der Waals surface area contributed by atoms with Crippen molar-refractivity contribution in [1.82, 2.24) is 0 Å². The van der Waals surface area contributed by atoms with Crippen molar-refractivity contribution in [3.63, 3.8) is 0 Å². The molecule has 2 aromatic carbocycles. The normalized spacial score (nSPS) is 30.1. The molecule has 0 amide bonds. The first-order valence-electron chi connectivity index (χ1n) is 11.6. The summed E-state index contributed by atoms with van der Waals surface area (Å²) < 4.78 is 63.1. The van der Waals surface area contributed by atoms with Crippen LogP contribution in [0.25, 0.3) is 11.1 Å². The highest BCUT2D eigenvalue weighted by molar-refractivity contribution is 5.72. The van der Waals surface area contributed by atoms with E-state index in [0.29, 0.717) is 24.0 Å². The lowest BCUT2D eigenvalue weighted by molar-refractivity contribution is 0.00334. The van der Waals surface area contributed by atoms with Gasteiger partial charge in [0.2, 0.25) is 0 Å². The lowest BCUT2D eigenvalue weighted by Gasteiger charge is -2.57. The third-order valence-electron chi connectivity index (χ3n) is 8.41. The molecule has 1 unspecified atom stereocenters. The van der Waals surface area contributed by atoms with Gasteiger partial charge in [0.05, 0.1) is 11.3 Å². The molecule has 1 fully saturated rings. The molecule has 1 spiro atoms. The Morgan fingerprint density at radius 3 is 2.06 bits per heavy atom. The van der Waals surface area contributed by atoms with Crippen LogP contribution < -0.4 is 0 Å². The fraction of sp³-hybridized carbons (Fsp3) is 0.200. The summed E-state index contributed by atoms with van der Waals surface area (Å²) in [5.74, 6) is -4.35. The number of rotatable bonds is 2. The molecule has 0 radical (unpaired) electrons. The van der Waals surface area contributed by atoms with E-state index < -0.39 is 40.4 Å². The van der Waals surface area contributed by atoms with Crippen LogP contribution in [0.15, 0.2) is 125 Å². The van der Waals surface area contributed by atoms with Crippen molar-refractivity contribution >= 4 is 0 Å². The van der Waals surface area contributed by atoms with E-state index in [0.717, 1.165) is 16.7 Å². The fourth-order valence-corrected chi connectivity index (χ4v) is 7.08. The van der Waals surface area contributed by atoms with E-state index in [1.165, 1.54) is 24.3 Å². The highest BCUT2D eigenvalue weighted by Crippen LogP contribution is 2.74. The molecule has 8 rings (SSSR count). The molecule has 34 heavy (non-hydrogen) atoms. The molecule has 2 aromatic rings. The average Bonchev–Trinajstić information content (AvgIpc) is 3.34. The maximum atomic E-state index is 17.7. The van der Waals surface area contributed by atoms with Gasteiger partial charge in [-0.05, 0) is 46.8 Å². The third-order valence-corrected chi connectivity index (χ3v) is 8.41. The summed E-state index contributed by atoms with van der Waals surface area (Å²) in [6.07, 6.45) is 8.53. The lowest BCUT2D eigenvalue weighted by Crippen LogP contribution is -2.58. The molecule has 6 aliphatic carbocycles. The first-order valence-corrected chi connectivity index (χ1v) is 11.6. The van der Waals surface area contributed by atoms with Gasteiger partial charge in [-0.1, -0.05) is 78.9 Å². The van der Waals surface area contributed by atoms with Crippen LogP contribution in [-0.2, 0) is 0 Å². The van der Waals surface area contributed by atoms with E-state index in [-0.39, 0.29) is 11.1 Å². The Morgan fingerprint density at radius 2 is 1.41 bits per heavy atom.